The van der Waals surface area contributed by atoms with Crippen LogP contribution < -0.4 is 10.0 Å². The Labute approximate surface area is 84.0 Å². The fourth-order valence-corrected chi connectivity index (χ4v) is 1.20. The van der Waals surface area contributed by atoms with E-state index in [0.29, 0.717) is 6.54 Å². The minimum atomic E-state index is -1.15. The molecule has 1 aromatic rings. The number of nitrogens with zero attached hydrogens (tertiary/aromatic N) is 1. The van der Waals surface area contributed by atoms with Crippen LogP contribution in [0.2, 0.25) is 0 Å². The molecule has 0 saturated heterocycles. The molecule has 0 N–H and O–H groups in total. The van der Waals surface area contributed by atoms with E-state index in [1.165, 1.54) is 12.1 Å². The molecule has 0 aliphatic heterocycles. The lowest BCUT2D eigenvalue weighted by Gasteiger charge is -2.35. The highest BCUT2D eigenvalue weighted by Crippen LogP contribution is 2.15. The number of hydrogen-bond donors (Lipinski definition) is 0. The van der Waals surface area contributed by atoms with Crippen LogP contribution in [-0.2, 0) is 0 Å². The van der Waals surface area contributed by atoms with Gasteiger partial charge in [-0.1, -0.05) is 12.1 Å². The van der Waals surface area contributed by atoms with Crippen molar-refractivity contribution in [1.82, 2.24) is 0 Å². The average molecular weight is 190 g/mol. The van der Waals surface area contributed by atoms with Crippen LogP contribution in [0.1, 0.15) is 17.3 Å². The Morgan fingerprint density at radius 2 is 2.07 bits per heavy atom. The summed E-state index contributed by atoms with van der Waals surface area (Å²) in [6.45, 7) is 8.16. The summed E-state index contributed by atoms with van der Waals surface area (Å²) in [7, 11) is 0. The molecule has 3 heteroatoms. The van der Waals surface area contributed by atoms with Gasteiger partial charge in [-0.3, -0.25) is 0 Å². The fourth-order valence-electron chi connectivity index (χ4n) is 1.20. The van der Waals surface area contributed by atoms with E-state index in [1.54, 1.807) is 12.1 Å². The van der Waals surface area contributed by atoms with Gasteiger partial charge in [0.2, 0.25) is 0 Å². The molecule has 0 amide bonds. The number of carbonyl (C=O) groups is 1. The van der Waals surface area contributed by atoms with E-state index in [9.17, 15) is 9.90 Å². The van der Waals surface area contributed by atoms with Gasteiger partial charge in [0.05, 0.1) is 5.97 Å². The second-order valence-electron chi connectivity index (χ2n) is 2.79. The van der Waals surface area contributed by atoms with Crippen LogP contribution in [0.3, 0.4) is 0 Å². The highest BCUT2D eigenvalue weighted by atomic mass is 16.4. The minimum absolute atomic E-state index is 0.189. The summed E-state index contributed by atoms with van der Waals surface area (Å²) < 4.78 is 0. The van der Waals surface area contributed by atoms with E-state index >= 15 is 0 Å². The maximum absolute atomic E-state index is 10.5. The molecular weight excluding hydrogens is 178 g/mol. The van der Waals surface area contributed by atoms with Crippen LogP contribution in [-0.4, -0.2) is 12.5 Å². The number of benzene rings is 1. The van der Waals surface area contributed by atoms with Gasteiger partial charge in [0.25, 0.3) is 0 Å². The number of aromatic carboxylic acids is 1. The predicted molar refractivity (Wildman–Crippen MR) is 53.4 cm³/mol. The number of hydrogen-bond acceptors (Lipinski definition) is 3. The van der Waals surface area contributed by atoms with Gasteiger partial charge in [-0.25, -0.2) is 6.54 Å². The van der Waals surface area contributed by atoms with Crippen molar-refractivity contribution >= 4 is 11.7 Å². The van der Waals surface area contributed by atoms with Crippen molar-refractivity contribution in [3.63, 3.8) is 0 Å². The first kappa shape index (κ1) is 10.6. The Morgan fingerprint density at radius 3 is 2.43 bits per heavy atom. The molecule has 0 aromatic heterocycles. The summed E-state index contributed by atoms with van der Waals surface area (Å²) in [6, 6.07) is 6.51. The highest BCUT2D eigenvalue weighted by Gasteiger charge is 1.94. The molecule has 1 rings (SSSR count). The van der Waals surface area contributed by atoms with Crippen molar-refractivity contribution in [1.29, 1.82) is 0 Å². The van der Waals surface area contributed by atoms with Gasteiger partial charge in [0.15, 0.2) is 0 Å². The molecule has 1 aromatic carbocycles. The molecule has 0 aliphatic carbocycles. The van der Waals surface area contributed by atoms with Crippen LogP contribution in [0.4, 0.5) is 5.69 Å². The second kappa shape index (κ2) is 4.65. The van der Waals surface area contributed by atoms with E-state index < -0.39 is 5.97 Å². The molecule has 0 unspecified atom stereocenters. The van der Waals surface area contributed by atoms with Gasteiger partial charge in [-0.15, -0.1) is 6.54 Å². The zero-order valence-electron chi connectivity index (χ0n) is 8.06. The molecule has 0 bridgehead atoms. The quantitative estimate of drug-likeness (QED) is 0.662. The summed E-state index contributed by atoms with van der Waals surface area (Å²) in [4.78, 5) is 12.4. The molecule has 14 heavy (non-hydrogen) atoms. The van der Waals surface area contributed by atoms with Crippen molar-refractivity contribution in [3.8, 4) is 0 Å². The average Bonchev–Trinajstić information content (AvgIpc) is 2.20. The maximum Gasteiger partial charge on any atom is 0.0715 e. The molecular formula is C11H12NO2-3. The van der Waals surface area contributed by atoms with Gasteiger partial charge in [0.1, 0.15) is 0 Å². The first-order valence-electron chi connectivity index (χ1n) is 4.35. The largest absolute Gasteiger partial charge is 0.547 e. The molecule has 0 aliphatic rings. The summed E-state index contributed by atoms with van der Waals surface area (Å²) in [5.41, 5.74) is 1.11. The zero-order chi connectivity index (χ0) is 10.6. The van der Waals surface area contributed by atoms with E-state index in [2.05, 4.69) is 6.92 Å². The van der Waals surface area contributed by atoms with Crippen LogP contribution in [0.25, 0.3) is 0 Å². The Bertz CT molecular complexity index is 302. The Morgan fingerprint density at radius 1 is 1.50 bits per heavy atom. The van der Waals surface area contributed by atoms with Crippen LogP contribution in [0.5, 0.6) is 0 Å². The first-order chi connectivity index (χ1) is 6.69. The van der Waals surface area contributed by atoms with Crippen LogP contribution in [0, 0.1) is 13.5 Å². The molecule has 0 saturated carbocycles. The van der Waals surface area contributed by atoms with Crippen molar-refractivity contribution in [2.75, 3.05) is 11.4 Å². The SMILES string of the molecule is [CH2-]CN([CH-]C)c1ccc(C(=O)[O-])cc1. The van der Waals surface area contributed by atoms with Gasteiger partial charge in [-0.05, 0) is 17.7 Å². The van der Waals surface area contributed by atoms with Crippen LogP contribution in [0.15, 0.2) is 24.3 Å². The van der Waals surface area contributed by atoms with Crippen LogP contribution >= 0.6 is 0 Å². The predicted octanol–water partition coefficient (Wildman–Crippen LogP) is 0.872. The van der Waals surface area contributed by atoms with E-state index in [0.717, 1.165) is 5.69 Å². The summed E-state index contributed by atoms with van der Waals surface area (Å²) in [5, 5.41) is 10.5. The third-order valence-corrected chi connectivity index (χ3v) is 1.99. The van der Waals surface area contributed by atoms with Crippen molar-refractivity contribution in [2.45, 2.75) is 6.92 Å². The number of rotatable bonds is 4. The zero-order valence-corrected chi connectivity index (χ0v) is 8.06. The van der Waals surface area contributed by atoms with Gasteiger partial charge in [-0.2, -0.15) is 6.92 Å². The lowest BCUT2D eigenvalue weighted by Crippen LogP contribution is -2.22. The molecule has 0 fully saturated rings. The second-order valence-corrected chi connectivity index (χ2v) is 2.79. The van der Waals surface area contributed by atoms with E-state index in [1.807, 2.05) is 18.4 Å². The Balaban J connectivity index is 2.87. The molecule has 3 nitrogen and oxygen atoms in total. The highest BCUT2D eigenvalue weighted by molar-refractivity contribution is 5.86. The van der Waals surface area contributed by atoms with Gasteiger partial charge >= 0.3 is 0 Å². The number of anilines is 1. The molecule has 76 valence electrons. The molecule has 0 heterocycles. The molecule has 0 atom stereocenters. The summed E-state index contributed by atoms with van der Waals surface area (Å²) in [5.74, 6) is -1.15. The van der Waals surface area contributed by atoms with Gasteiger partial charge < -0.3 is 21.7 Å². The third-order valence-electron chi connectivity index (χ3n) is 1.99. The van der Waals surface area contributed by atoms with Crippen molar-refractivity contribution in [3.05, 3.63) is 43.3 Å². The number of carbonyl (C=O) groups excluding carboxylic acids is 1. The lowest BCUT2D eigenvalue weighted by molar-refractivity contribution is -0.255. The van der Waals surface area contributed by atoms with Gasteiger partial charge in [0, 0.05) is 5.69 Å². The maximum atomic E-state index is 10.5. The van der Waals surface area contributed by atoms with E-state index in [-0.39, 0.29) is 5.56 Å². The van der Waals surface area contributed by atoms with Crippen molar-refractivity contribution < 1.29 is 9.90 Å². The third kappa shape index (κ3) is 2.25. The standard InChI is InChI=1S/C11H13NO2/c1-3-12(4-2)10-7-5-9(6-8-10)11(13)14/h4-8H,1,3H2,2H3,(H,13,14)/q-2/p-1. The summed E-state index contributed by atoms with van der Waals surface area (Å²) >= 11 is 0. The number of carboxylic acids is 1. The monoisotopic (exact) mass is 190 g/mol. The Hall–Kier alpha value is -1.51. The molecule has 0 spiro atoms. The van der Waals surface area contributed by atoms with E-state index in [4.69, 9.17) is 0 Å². The Kier molecular flexibility index (Phi) is 3.51. The molecule has 0 radical (unpaired) electrons. The smallest absolute Gasteiger partial charge is 0.0715 e. The summed E-state index contributed by atoms with van der Waals surface area (Å²) in [6.07, 6.45) is 0. The lowest BCUT2D eigenvalue weighted by atomic mass is 10.2. The minimum Gasteiger partial charge on any atom is -0.547 e. The number of carboxylic acid groups (broad SMARTS) is 1. The topological polar surface area (TPSA) is 43.4 Å². The van der Waals surface area contributed by atoms with Crippen molar-refractivity contribution in [2.24, 2.45) is 0 Å². The normalized spacial score (nSPS) is 9.86. The first-order valence-corrected chi connectivity index (χ1v) is 4.35. The fraction of sp³-hybridized carbons (Fsp3) is 0.182.